The van der Waals surface area contributed by atoms with Crippen molar-refractivity contribution in [3.05, 3.63) is 60.7 Å². The van der Waals surface area contributed by atoms with E-state index in [2.05, 4.69) is 0 Å². The van der Waals surface area contributed by atoms with Gasteiger partial charge in [-0.2, -0.15) is 0 Å². The molecular weight excluding hydrogens is 936 g/mol. The standard InChI is InChI=1S/C54H10B24N2/c55-29-25(27-35(61)46(72)50(76)47(73)36(27)62)40(66)53(41(67)26(29)28-37(63)48(74)51(77)49(75)38(28)64)79-13-7-3-1-5-11(13)17-15(79)9-10-16-18(17)12-6-2-4-8-14(12)80(16)54-39(65)24-22-20(31(57)43(69)45(71)33(22)59)19-21(23(24)34(60)52(54)78)32(58)44(70)42(68)30(19)56/h1-10H. The first kappa shape index (κ1) is 54.7. The van der Waals surface area contributed by atoms with Gasteiger partial charge in [0.25, 0.3) is 0 Å². The lowest BCUT2D eigenvalue weighted by molar-refractivity contribution is 1.20. The molecular formula is C54H10B24N2. The number of hydrogen-bond acceptors (Lipinski definition) is 0. The quantitative estimate of drug-likeness (QED) is 0.123. The smallest absolute Gasteiger partial charge is 0.117 e. The zero-order valence-electron chi connectivity index (χ0n) is 42.5. The maximum Gasteiger partial charge on any atom is 0.117 e. The van der Waals surface area contributed by atoms with E-state index in [9.17, 15) is 0 Å². The molecule has 0 N–H and O–H groups in total. The predicted octanol–water partition coefficient (Wildman–Crippen LogP) is -14.3. The maximum absolute atomic E-state index is 7.56. The van der Waals surface area contributed by atoms with Crippen molar-refractivity contribution in [3.8, 4) is 33.6 Å². The van der Waals surface area contributed by atoms with Crippen LogP contribution in [0.5, 0.6) is 0 Å². The first-order valence-corrected chi connectivity index (χ1v) is 24.3. The Morgan fingerprint density at radius 1 is 0.175 bits per heavy atom. The fraction of sp³-hybridized carbons (Fsp3) is 0. The third-order valence-corrected chi connectivity index (χ3v) is 16.1. The van der Waals surface area contributed by atoms with Crippen molar-refractivity contribution < 1.29 is 0 Å². The van der Waals surface area contributed by atoms with Crippen LogP contribution in [0, 0.1) is 0 Å². The summed E-state index contributed by atoms with van der Waals surface area (Å²) in [6.45, 7) is 0. The van der Waals surface area contributed by atoms with Gasteiger partial charge in [0.2, 0.25) is 0 Å². The molecule has 10 aromatic carbocycles. The molecule has 2 nitrogen and oxygen atoms in total. The lowest BCUT2D eigenvalue weighted by atomic mass is 9.55. The van der Waals surface area contributed by atoms with Gasteiger partial charge < -0.3 is 9.13 Å². The Kier molecular flexibility index (Phi) is 12.9. The fourth-order valence-electron chi connectivity index (χ4n) is 12.1. The SMILES string of the molecule is [B]c1c([B])c([B])c(-c2c([B])c(-c3c([B])c([B])c([B])c([B])c3[B])c([B])c(-n3c4ccccc4c4c5c6ccccc6n(-c6c([B])c([B])c7c8c([B])c([B])c([B])c([B])c8c8c([B])c([B])c([B])c([B])c8c7c6[B])c5ccc43)c2[B])c([B])c1[B]. The minimum atomic E-state index is -0.0983. The first-order chi connectivity index (χ1) is 37.8. The average Bonchev–Trinajstić information content (AvgIpc) is 3.68. The third kappa shape index (κ3) is 6.95. The second-order valence-electron chi connectivity index (χ2n) is 19.9. The van der Waals surface area contributed by atoms with Gasteiger partial charge in [-0.3, -0.25) is 0 Å². The third-order valence-electron chi connectivity index (χ3n) is 16.1. The average molecular weight is 946 g/mol. The van der Waals surface area contributed by atoms with E-state index in [0.717, 1.165) is 16.2 Å². The first-order valence-electron chi connectivity index (χ1n) is 24.3. The molecule has 0 unspecified atom stereocenters. The van der Waals surface area contributed by atoms with Crippen molar-refractivity contribution in [2.75, 3.05) is 0 Å². The zero-order valence-corrected chi connectivity index (χ0v) is 42.5. The van der Waals surface area contributed by atoms with Crippen molar-refractivity contribution in [1.82, 2.24) is 9.13 Å². The Labute approximate surface area is 495 Å². The second-order valence-corrected chi connectivity index (χ2v) is 19.9. The number of rotatable bonds is 4. The van der Waals surface area contributed by atoms with Crippen molar-refractivity contribution in [2.45, 2.75) is 0 Å². The molecule has 12 aromatic rings. The van der Waals surface area contributed by atoms with Gasteiger partial charge in [-0.05, 0) is 78.8 Å². The molecule has 0 aliphatic heterocycles. The summed E-state index contributed by atoms with van der Waals surface area (Å²) in [4.78, 5) is 0. The van der Waals surface area contributed by atoms with Gasteiger partial charge in [0.05, 0.1) is 22.1 Å². The molecule has 0 saturated carbocycles. The molecule has 0 aliphatic carbocycles. The highest BCUT2D eigenvalue weighted by atomic mass is 15.0. The van der Waals surface area contributed by atoms with E-state index < -0.39 is 0 Å². The fourth-order valence-corrected chi connectivity index (χ4v) is 12.1. The van der Waals surface area contributed by atoms with Gasteiger partial charge in [0.15, 0.2) is 0 Å². The van der Waals surface area contributed by atoms with Crippen LogP contribution in [0.2, 0.25) is 0 Å². The highest BCUT2D eigenvalue weighted by molar-refractivity contribution is 6.77. The van der Waals surface area contributed by atoms with Gasteiger partial charge in [0.1, 0.15) is 188 Å². The normalized spacial score (nSPS) is 11.9. The van der Waals surface area contributed by atoms with Crippen molar-refractivity contribution in [3.63, 3.8) is 0 Å². The molecule has 48 radical (unpaired) electrons. The molecule has 26 heteroatoms. The van der Waals surface area contributed by atoms with Gasteiger partial charge in [0, 0.05) is 32.9 Å². The number of para-hydroxylation sites is 2. The molecule has 0 amide bonds. The highest BCUT2D eigenvalue weighted by Crippen LogP contribution is 2.42. The molecule has 0 saturated heterocycles. The van der Waals surface area contributed by atoms with Gasteiger partial charge in [-0.15, -0.1) is 54.6 Å². The minimum Gasteiger partial charge on any atom is -0.310 e. The molecule has 12 rings (SSSR count). The molecule has 2 aromatic heterocycles. The van der Waals surface area contributed by atoms with E-state index in [-0.39, 0.29) is 197 Å². The van der Waals surface area contributed by atoms with E-state index in [4.69, 9.17) is 188 Å². The summed E-state index contributed by atoms with van der Waals surface area (Å²) in [6, 6.07) is 19.0. The maximum atomic E-state index is 7.56. The van der Waals surface area contributed by atoms with Crippen LogP contribution in [0.15, 0.2) is 60.7 Å². The van der Waals surface area contributed by atoms with Crippen molar-refractivity contribution in [2.24, 2.45) is 0 Å². The number of fused-ring (bicyclic) bond motifs is 13. The van der Waals surface area contributed by atoms with Crippen LogP contribution < -0.4 is 131 Å². The number of aromatic nitrogens is 2. The van der Waals surface area contributed by atoms with Crippen molar-refractivity contribution in [1.29, 1.82) is 0 Å². The Morgan fingerprint density at radius 2 is 0.412 bits per heavy atom. The van der Waals surface area contributed by atoms with E-state index >= 15 is 0 Å². The molecule has 0 atom stereocenters. The minimum absolute atomic E-state index is 0.00102. The summed E-state index contributed by atoms with van der Waals surface area (Å²) < 4.78 is 3.78. The second kappa shape index (κ2) is 18.8. The van der Waals surface area contributed by atoms with E-state index in [1.165, 1.54) is 0 Å². The van der Waals surface area contributed by atoms with E-state index in [1.807, 2.05) is 69.8 Å². The zero-order chi connectivity index (χ0) is 57.6. The van der Waals surface area contributed by atoms with Crippen LogP contribution in [0.3, 0.4) is 0 Å². The summed E-state index contributed by atoms with van der Waals surface area (Å²) in [5.41, 5.74) is 2.46. The van der Waals surface area contributed by atoms with Crippen LogP contribution in [0.25, 0.3) is 110 Å². The lowest BCUT2D eigenvalue weighted by Crippen LogP contribution is -2.57. The number of nitrogens with zero attached hydrogens (tertiary/aromatic N) is 2. The Balaban J connectivity index is 1.27. The Bertz CT molecular complexity index is 4740. The Morgan fingerprint density at radius 3 is 0.738 bits per heavy atom. The summed E-state index contributed by atoms with van der Waals surface area (Å²) in [6.07, 6.45) is 0. The topological polar surface area (TPSA) is 9.86 Å². The van der Waals surface area contributed by atoms with Crippen molar-refractivity contribution >= 4 is 395 Å². The van der Waals surface area contributed by atoms with E-state index in [1.54, 1.807) is 0 Å². The molecule has 308 valence electrons. The number of benzene rings is 10. The van der Waals surface area contributed by atoms with Crippen LogP contribution in [0.4, 0.5) is 0 Å². The highest BCUT2D eigenvalue weighted by Gasteiger charge is 2.30. The van der Waals surface area contributed by atoms with E-state index in [0.29, 0.717) is 27.5 Å². The van der Waals surface area contributed by atoms with Crippen LogP contribution in [0.1, 0.15) is 0 Å². The summed E-state index contributed by atoms with van der Waals surface area (Å²) in [5.74, 6) is 0. The Hall–Kier alpha value is -5.86. The predicted molar refractivity (Wildman–Crippen MR) is 368 cm³/mol. The van der Waals surface area contributed by atoms with Crippen LogP contribution in [-0.4, -0.2) is 197 Å². The number of hydrogen-bond donors (Lipinski definition) is 0. The summed E-state index contributed by atoms with van der Waals surface area (Å²) in [7, 11) is 164. The monoisotopic (exact) mass is 950 g/mol. The van der Waals surface area contributed by atoms with Gasteiger partial charge >= 0.3 is 0 Å². The molecule has 0 fully saturated rings. The van der Waals surface area contributed by atoms with Gasteiger partial charge in [-0.1, -0.05) is 113 Å². The van der Waals surface area contributed by atoms with Gasteiger partial charge in [-0.25, -0.2) is 0 Å². The summed E-state index contributed by atoms with van der Waals surface area (Å²) >= 11 is 0. The molecule has 0 spiro atoms. The lowest BCUT2D eigenvalue weighted by Gasteiger charge is -2.32. The molecule has 2 heterocycles. The van der Waals surface area contributed by atoms with Crippen LogP contribution in [-0.2, 0) is 0 Å². The van der Waals surface area contributed by atoms with Crippen LogP contribution >= 0.6 is 0 Å². The molecule has 0 aliphatic rings. The largest absolute Gasteiger partial charge is 0.310 e. The molecule has 0 bridgehead atoms. The molecule has 80 heavy (non-hydrogen) atoms. The summed E-state index contributed by atoms with van der Waals surface area (Å²) in [5, 5.41) is 4.53.